The molecule has 1 aromatic rings. The number of fused-ring (bicyclic) bond motifs is 1. The molecule has 3 rings (SSSR count). The number of likely N-dealkylation sites (tertiary alicyclic amines) is 1. The molecule has 0 aromatic heterocycles. The Hall–Kier alpha value is -2.44. The van der Waals surface area contributed by atoms with Crippen molar-refractivity contribution in [2.75, 3.05) is 19.7 Å². The number of nitrogens with one attached hydrogen (secondary N) is 1. The van der Waals surface area contributed by atoms with Crippen molar-refractivity contribution in [3.63, 3.8) is 0 Å². The Bertz CT molecular complexity index is 685. The van der Waals surface area contributed by atoms with Gasteiger partial charge in [-0.25, -0.2) is 4.79 Å². The van der Waals surface area contributed by atoms with Crippen LogP contribution in [0.4, 0.5) is 4.79 Å². The van der Waals surface area contributed by atoms with E-state index in [9.17, 15) is 9.59 Å². The van der Waals surface area contributed by atoms with Crippen LogP contribution >= 0.6 is 0 Å². The maximum Gasteiger partial charge on any atom is 0.410 e. The predicted octanol–water partition coefficient (Wildman–Crippen LogP) is 2.73. The largest absolute Gasteiger partial charge is 0.485 e. The standard InChI is InChI=1S/C20H28N2O5/c1-20(2,3)27-19(24)22-11-7-6-8-14(22)12-21-18(23)17-13-25-15-9-4-5-10-16(15)26-17/h4-5,9-10,14,17H,6-8,11-13H2,1-3H3,(H,21,23)/t14-,17-/m0/s1. The number of carbonyl (C=O) groups excluding carboxylic acids is 2. The lowest BCUT2D eigenvalue weighted by atomic mass is 10.0. The van der Waals surface area contributed by atoms with Crippen molar-refractivity contribution in [1.82, 2.24) is 10.2 Å². The van der Waals surface area contributed by atoms with E-state index in [1.165, 1.54) is 0 Å². The van der Waals surface area contributed by atoms with Crippen LogP contribution in [0.2, 0.25) is 0 Å². The van der Waals surface area contributed by atoms with E-state index < -0.39 is 11.7 Å². The Morgan fingerprint density at radius 3 is 2.70 bits per heavy atom. The quantitative estimate of drug-likeness (QED) is 0.878. The van der Waals surface area contributed by atoms with Crippen molar-refractivity contribution < 1.29 is 23.8 Å². The summed E-state index contributed by atoms with van der Waals surface area (Å²) in [5.74, 6) is 0.973. The Morgan fingerprint density at radius 1 is 1.22 bits per heavy atom. The van der Waals surface area contributed by atoms with Gasteiger partial charge in [0.15, 0.2) is 11.5 Å². The van der Waals surface area contributed by atoms with Gasteiger partial charge in [-0.2, -0.15) is 0 Å². The summed E-state index contributed by atoms with van der Waals surface area (Å²) in [7, 11) is 0. The fourth-order valence-corrected chi connectivity index (χ4v) is 3.25. The van der Waals surface area contributed by atoms with Crippen molar-refractivity contribution in [2.24, 2.45) is 0 Å². The fraction of sp³-hybridized carbons (Fsp3) is 0.600. The summed E-state index contributed by atoms with van der Waals surface area (Å²) in [6.07, 6.45) is 1.78. The average molecular weight is 376 g/mol. The molecule has 2 atom stereocenters. The second-order valence-electron chi connectivity index (χ2n) is 7.93. The average Bonchev–Trinajstić information content (AvgIpc) is 2.64. The molecule has 0 bridgehead atoms. The molecule has 0 saturated carbocycles. The molecule has 0 spiro atoms. The Balaban J connectivity index is 1.55. The van der Waals surface area contributed by atoms with Gasteiger partial charge >= 0.3 is 6.09 Å². The lowest BCUT2D eigenvalue weighted by molar-refractivity contribution is -0.130. The van der Waals surface area contributed by atoms with Gasteiger partial charge in [-0.05, 0) is 52.2 Å². The van der Waals surface area contributed by atoms with E-state index in [1.807, 2.05) is 39.0 Å². The summed E-state index contributed by atoms with van der Waals surface area (Å²) in [5, 5.41) is 2.91. The van der Waals surface area contributed by atoms with E-state index in [1.54, 1.807) is 11.0 Å². The van der Waals surface area contributed by atoms with Crippen LogP contribution in [0.3, 0.4) is 0 Å². The van der Waals surface area contributed by atoms with Crippen LogP contribution in [-0.2, 0) is 9.53 Å². The Kier molecular flexibility index (Phi) is 5.77. The van der Waals surface area contributed by atoms with Gasteiger partial charge in [-0.15, -0.1) is 0 Å². The summed E-state index contributed by atoms with van der Waals surface area (Å²) in [6, 6.07) is 7.21. The van der Waals surface area contributed by atoms with Gasteiger partial charge in [-0.3, -0.25) is 4.79 Å². The molecule has 0 radical (unpaired) electrons. The summed E-state index contributed by atoms with van der Waals surface area (Å²) >= 11 is 0. The van der Waals surface area contributed by atoms with Crippen LogP contribution in [0.15, 0.2) is 24.3 Å². The number of benzene rings is 1. The highest BCUT2D eigenvalue weighted by Gasteiger charge is 2.32. The third kappa shape index (κ3) is 5.05. The van der Waals surface area contributed by atoms with Crippen molar-refractivity contribution in [3.8, 4) is 11.5 Å². The minimum Gasteiger partial charge on any atom is -0.485 e. The first-order valence-corrected chi connectivity index (χ1v) is 9.49. The Morgan fingerprint density at radius 2 is 1.96 bits per heavy atom. The molecule has 1 aromatic carbocycles. The van der Waals surface area contributed by atoms with E-state index in [-0.39, 0.29) is 24.6 Å². The van der Waals surface area contributed by atoms with Crippen LogP contribution < -0.4 is 14.8 Å². The molecule has 2 heterocycles. The van der Waals surface area contributed by atoms with Gasteiger partial charge in [0, 0.05) is 13.1 Å². The number of rotatable bonds is 3. The first-order valence-electron chi connectivity index (χ1n) is 9.49. The minimum absolute atomic E-state index is 0.0747. The molecule has 2 aliphatic heterocycles. The number of hydrogen-bond donors (Lipinski definition) is 1. The minimum atomic E-state index is -0.696. The van der Waals surface area contributed by atoms with E-state index in [0.29, 0.717) is 24.6 Å². The van der Waals surface area contributed by atoms with E-state index in [4.69, 9.17) is 14.2 Å². The molecular weight excluding hydrogens is 348 g/mol. The molecule has 1 N–H and O–H groups in total. The molecule has 2 aliphatic rings. The van der Waals surface area contributed by atoms with E-state index in [0.717, 1.165) is 19.3 Å². The van der Waals surface area contributed by atoms with Crippen LogP contribution in [0.5, 0.6) is 11.5 Å². The molecule has 148 valence electrons. The molecule has 7 heteroatoms. The van der Waals surface area contributed by atoms with Gasteiger partial charge in [-0.1, -0.05) is 12.1 Å². The first-order chi connectivity index (χ1) is 12.8. The highest BCUT2D eigenvalue weighted by Crippen LogP contribution is 2.30. The molecule has 1 saturated heterocycles. The highest BCUT2D eigenvalue weighted by molar-refractivity contribution is 5.81. The lowest BCUT2D eigenvalue weighted by Crippen LogP contribution is -2.53. The second-order valence-corrected chi connectivity index (χ2v) is 7.93. The summed E-state index contributed by atoms with van der Waals surface area (Å²) in [4.78, 5) is 26.7. The SMILES string of the molecule is CC(C)(C)OC(=O)N1CCCC[C@H]1CNC(=O)[C@@H]1COc2ccccc2O1. The molecule has 7 nitrogen and oxygen atoms in total. The van der Waals surface area contributed by atoms with Gasteiger partial charge in [0.05, 0.1) is 6.04 Å². The normalized spacial score (nSPS) is 22.1. The van der Waals surface area contributed by atoms with Crippen LogP contribution in [0.25, 0.3) is 0 Å². The lowest BCUT2D eigenvalue weighted by Gasteiger charge is -2.37. The monoisotopic (exact) mass is 376 g/mol. The summed E-state index contributed by atoms with van der Waals surface area (Å²) < 4.78 is 16.8. The van der Waals surface area contributed by atoms with Gasteiger partial charge < -0.3 is 24.4 Å². The Labute approximate surface area is 160 Å². The second kappa shape index (κ2) is 8.06. The third-order valence-corrected chi connectivity index (χ3v) is 4.57. The number of ether oxygens (including phenoxy) is 3. The van der Waals surface area contributed by atoms with Gasteiger partial charge in [0.25, 0.3) is 5.91 Å². The number of carbonyl (C=O) groups is 2. The zero-order chi connectivity index (χ0) is 19.4. The van der Waals surface area contributed by atoms with E-state index in [2.05, 4.69) is 5.32 Å². The molecule has 27 heavy (non-hydrogen) atoms. The number of para-hydroxylation sites is 2. The molecule has 0 aliphatic carbocycles. The van der Waals surface area contributed by atoms with Crippen molar-refractivity contribution in [2.45, 2.75) is 57.8 Å². The van der Waals surface area contributed by atoms with Crippen LogP contribution in [-0.4, -0.2) is 54.3 Å². The third-order valence-electron chi connectivity index (χ3n) is 4.57. The van der Waals surface area contributed by atoms with Crippen LogP contribution in [0.1, 0.15) is 40.0 Å². The first kappa shape index (κ1) is 19.3. The maximum atomic E-state index is 12.5. The number of nitrogens with zero attached hydrogens (tertiary/aromatic N) is 1. The van der Waals surface area contributed by atoms with Gasteiger partial charge in [0.1, 0.15) is 12.2 Å². The number of hydrogen-bond acceptors (Lipinski definition) is 5. The molecular formula is C20H28N2O5. The zero-order valence-electron chi connectivity index (χ0n) is 16.2. The van der Waals surface area contributed by atoms with Gasteiger partial charge in [0.2, 0.25) is 6.10 Å². The molecule has 2 amide bonds. The fourth-order valence-electron chi connectivity index (χ4n) is 3.25. The maximum absolute atomic E-state index is 12.5. The van der Waals surface area contributed by atoms with Crippen molar-refractivity contribution in [1.29, 1.82) is 0 Å². The predicted molar refractivity (Wildman–Crippen MR) is 99.9 cm³/mol. The molecule has 0 unspecified atom stereocenters. The molecule has 1 fully saturated rings. The van der Waals surface area contributed by atoms with Crippen molar-refractivity contribution >= 4 is 12.0 Å². The number of amides is 2. The van der Waals surface area contributed by atoms with Crippen molar-refractivity contribution in [3.05, 3.63) is 24.3 Å². The summed E-state index contributed by atoms with van der Waals surface area (Å²) in [6.45, 7) is 6.74. The zero-order valence-corrected chi connectivity index (χ0v) is 16.2. The topological polar surface area (TPSA) is 77.1 Å². The number of piperidine rings is 1. The van der Waals surface area contributed by atoms with E-state index >= 15 is 0 Å². The highest BCUT2D eigenvalue weighted by atomic mass is 16.6. The van der Waals surface area contributed by atoms with Crippen LogP contribution in [0, 0.1) is 0 Å². The smallest absolute Gasteiger partial charge is 0.410 e. The summed E-state index contributed by atoms with van der Waals surface area (Å²) in [5.41, 5.74) is -0.539.